The van der Waals surface area contributed by atoms with Crippen LogP contribution in [0.3, 0.4) is 0 Å². The van der Waals surface area contributed by atoms with E-state index in [0.29, 0.717) is 5.92 Å². The van der Waals surface area contributed by atoms with Crippen molar-refractivity contribution in [3.8, 4) is 0 Å². The Balaban J connectivity index is 2.02. The second-order valence-electron chi connectivity index (χ2n) is 4.72. The second kappa shape index (κ2) is 5.85. The monoisotopic (exact) mass is 251 g/mol. The summed E-state index contributed by atoms with van der Waals surface area (Å²) in [6.07, 6.45) is 5.09. The lowest BCUT2D eigenvalue weighted by Crippen LogP contribution is -2.12. The summed E-state index contributed by atoms with van der Waals surface area (Å²) in [6.45, 7) is 0.881. The fourth-order valence-electron chi connectivity index (χ4n) is 2.38. The molecule has 1 N–H and O–H groups in total. The first kappa shape index (κ1) is 12.9. The molecular formula is C14H18FNO2. The molecule has 0 unspecified atom stereocenters. The molecule has 0 saturated heterocycles. The maximum absolute atomic E-state index is 13.4. The average Bonchev–Trinajstić information content (AvgIpc) is 2.90. The number of halogens is 1. The third-order valence-corrected chi connectivity index (χ3v) is 3.44. The van der Waals surface area contributed by atoms with E-state index in [0.717, 1.165) is 12.2 Å². The van der Waals surface area contributed by atoms with Crippen molar-refractivity contribution in [2.75, 3.05) is 19.0 Å². The van der Waals surface area contributed by atoms with Crippen LogP contribution in [0.15, 0.2) is 18.2 Å². The highest BCUT2D eigenvalue weighted by Crippen LogP contribution is 2.25. The van der Waals surface area contributed by atoms with Gasteiger partial charge in [0.2, 0.25) is 0 Å². The minimum absolute atomic E-state index is 0.0195. The summed E-state index contributed by atoms with van der Waals surface area (Å²) in [5.41, 5.74) is 0.748. The van der Waals surface area contributed by atoms with Gasteiger partial charge < -0.3 is 10.1 Å². The molecule has 0 aromatic heterocycles. The van der Waals surface area contributed by atoms with E-state index in [1.54, 1.807) is 6.07 Å². The lowest BCUT2D eigenvalue weighted by Gasteiger charge is -2.12. The van der Waals surface area contributed by atoms with Crippen molar-refractivity contribution in [2.45, 2.75) is 25.7 Å². The van der Waals surface area contributed by atoms with Crippen LogP contribution < -0.4 is 5.32 Å². The Morgan fingerprint density at radius 3 is 2.83 bits per heavy atom. The lowest BCUT2D eigenvalue weighted by molar-refractivity contribution is 0.0595. The van der Waals surface area contributed by atoms with Crippen molar-refractivity contribution in [2.24, 2.45) is 5.92 Å². The summed E-state index contributed by atoms with van der Waals surface area (Å²) in [4.78, 5) is 11.4. The van der Waals surface area contributed by atoms with Gasteiger partial charge in [-0.1, -0.05) is 12.8 Å². The molecule has 0 heterocycles. The van der Waals surface area contributed by atoms with Crippen molar-refractivity contribution in [1.82, 2.24) is 0 Å². The first-order chi connectivity index (χ1) is 8.70. The predicted octanol–water partition coefficient (Wildman–Crippen LogP) is 3.21. The molecule has 0 bridgehead atoms. The Hall–Kier alpha value is -1.58. The van der Waals surface area contributed by atoms with Crippen LogP contribution in [-0.2, 0) is 4.74 Å². The normalized spacial score (nSPS) is 15.7. The quantitative estimate of drug-likeness (QED) is 0.835. The van der Waals surface area contributed by atoms with Gasteiger partial charge in [-0.2, -0.15) is 0 Å². The molecule has 1 aromatic rings. The zero-order chi connectivity index (χ0) is 13.0. The third-order valence-electron chi connectivity index (χ3n) is 3.44. The molecule has 4 heteroatoms. The lowest BCUT2D eigenvalue weighted by atomic mass is 10.1. The summed E-state index contributed by atoms with van der Waals surface area (Å²) in [5, 5.41) is 3.26. The van der Waals surface area contributed by atoms with Crippen LogP contribution in [0.1, 0.15) is 36.0 Å². The van der Waals surface area contributed by atoms with Crippen LogP contribution >= 0.6 is 0 Å². The Labute approximate surface area is 106 Å². The number of methoxy groups -OCH3 is 1. The molecule has 98 valence electrons. The maximum atomic E-state index is 13.4. The number of hydrogen-bond donors (Lipinski definition) is 1. The molecule has 0 atom stereocenters. The maximum Gasteiger partial charge on any atom is 0.340 e. The summed E-state index contributed by atoms with van der Waals surface area (Å²) in [6, 6.07) is 4.45. The van der Waals surface area contributed by atoms with Gasteiger partial charge in [0, 0.05) is 12.2 Å². The molecular weight excluding hydrogens is 233 g/mol. The minimum atomic E-state index is -0.642. The van der Waals surface area contributed by atoms with Gasteiger partial charge in [-0.05, 0) is 37.0 Å². The molecule has 0 radical (unpaired) electrons. The van der Waals surface area contributed by atoms with Crippen molar-refractivity contribution in [3.63, 3.8) is 0 Å². The van der Waals surface area contributed by atoms with Crippen LogP contribution in [0, 0.1) is 11.7 Å². The number of carbonyl (C=O) groups excluding carboxylic acids is 1. The Morgan fingerprint density at radius 1 is 1.44 bits per heavy atom. The van der Waals surface area contributed by atoms with E-state index in [4.69, 9.17) is 0 Å². The molecule has 3 nitrogen and oxygen atoms in total. The number of benzene rings is 1. The molecule has 1 fully saturated rings. The topological polar surface area (TPSA) is 38.3 Å². The van der Waals surface area contributed by atoms with Gasteiger partial charge in [-0.15, -0.1) is 0 Å². The van der Waals surface area contributed by atoms with Crippen LogP contribution in [0.4, 0.5) is 10.1 Å². The number of carbonyl (C=O) groups is 1. The van der Waals surface area contributed by atoms with Crippen LogP contribution in [0.2, 0.25) is 0 Å². The summed E-state index contributed by atoms with van der Waals surface area (Å²) < 4.78 is 18.0. The zero-order valence-corrected chi connectivity index (χ0v) is 10.5. The van der Waals surface area contributed by atoms with Gasteiger partial charge in [0.25, 0.3) is 0 Å². The van der Waals surface area contributed by atoms with Gasteiger partial charge in [-0.25, -0.2) is 9.18 Å². The third kappa shape index (κ3) is 3.00. The number of anilines is 1. The summed E-state index contributed by atoms with van der Waals surface area (Å²) in [5.74, 6) is -0.498. The molecule has 1 aromatic carbocycles. The van der Waals surface area contributed by atoms with Crippen molar-refractivity contribution >= 4 is 11.7 Å². The highest BCUT2D eigenvalue weighted by Gasteiger charge is 2.16. The van der Waals surface area contributed by atoms with Crippen molar-refractivity contribution < 1.29 is 13.9 Å². The van der Waals surface area contributed by atoms with Gasteiger partial charge in [0.15, 0.2) is 0 Å². The molecule has 1 saturated carbocycles. The fourth-order valence-corrected chi connectivity index (χ4v) is 2.38. The highest BCUT2D eigenvalue weighted by molar-refractivity contribution is 5.90. The fraction of sp³-hybridized carbons (Fsp3) is 0.500. The van der Waals surface area contributed by atoms with Crippen molar-refractivity contribution in [3.05, 3.63) is 29.6 Å². The van der Waals surface area contributed by atoms with E-state index in [-0.39, 0.29) is 5.56 Å². The van der Waals surface area contributed by atoms with Crippen LogP contribution in [0.5, 0.6) is 0 Å². The van der Waals surface area contributed by atoms with E-state index in [1.165, 1.54) is 44.9 Å². The van der Waals surface area contributed by atoms with E-state index in [9.17, 15) is 9.18 Å². The Morgan fingerprint density at radius 2 is 2.17 bits per heavy atom. The summed E-state index contributed by atoms with van der Waals surface area (Å²) >= 11 is 0. The van der Waals surface area contributed by atoms with E-state index in [1.807, 2.05) is 0 Å². The second-order valence-corrected chi connectivity index (χ2v) is 4.72. The average molecular weight is 251 g/mol. The molecule has 18 heavy (non-hydrogen) atoms. The first-order valence-electron chi connectivity index (χ1n) is 6.32. The SMILES string of the molecule is COC(=O)c1cc(NCC2CCCC2)ccc1F. The number of rotatable bonds is 4. The van der Waals surface area contributed by atoms with Gasteiger partial charge >= 0.3 is 5.97 Å². The highest BCUT2D eigenvalue weighted by atomic mass is 19.1. The molecule has 1 aliphatic carbocycles. The molecule has 0 aliphatic heterocycles. The molecule has 2 rings (SSSR count). The first-order valence-corrected chi connectivity index (χ1v) is 6.32. The van der Waals surface area contributed by atoms with E-state index >= 15 is 0 Å². The number of esters is 1. The van der Waals surface area contributed by atoms with Gasteiger partial charge in [-0.3, -0.25) is 0 Å². The summed E-state index contributed by atoms with van der Waals surface area (Å²) in [7, 11) is 1.25. The standard InChI is InChI=1S/C14H18FNO2/c1-18-14(17)12-8-11(6-7-13(12)15)16-9-10-4-2-3-5-10/h6-8,10,16H,2-5,9H2,1H3. The minimum Gasteiger partial charge on any atom is -0.465 e. The van der Waals surface area contributed by atoms with Crippen molar-refractivity contribution in [1.29, 1.82) is 0 Å². The predicted molar refractivity (Wildman–Crippen MR) is 68.2 cm³/mol. The van der Waals surface area contributed by atoms with Gasteiger partial charge in [0.1, 0.15) is 5.82 Å². The van der Waals surface area contributed by atoms with E-state index in [2.05, 4.69) is 10.1 Å². The largest absolute Gasteiger partial charge is 0.465 e. The van der Waals surface area contributed by atoms with Crippen LogP contribution in [0.25, 0.3) is 0 Å². The number of ether oxygens (including phenoxy) is 1. The molecule has 0 amide bonds. The molecule has 1 aliphatic rings. The van der Waals surface area contributed by atoms with E-state index < -0.39 is 11.8 Å². The molecule has 0 spiro atoms. The zero-order valence-electron chi connectivity index (χ0n) is 10.5. The number of nitrogens with one attached hydrogen (secondary N) is 1. The Bertz CT molecular complexity index is 428. The number of hydrogen-bond acceptors (Lipinski definition) is 3. The smallest absolute Gasteiger partial charge is 0.340 e. The van der Waals surface area contributed by atoms with Crippen LogP contribution in [-0.4, -0.2) is 19.6 Å². The Kier molecular flexibility index (Phi) is 4.18. The van der Waals surface area contributed by atoms with Gasteiger partial charge in [0.05, 0.1) is 12.7 Å².